The maximum atomic E-state index is 6.10. The van der Waals surface area contributed by atoms with E-state index in [0.29, 0.717) is 11.4 Å². The molecule has 0 spiro atoms. The molecular formula is C36H30N4. The van der Waals surface area contributed by atoms with Crippen LogP contribution >= 0.6 is 0 Å². The molecule has 0 aromatic heterocycles. The molecule has 40 heavy (non-hydrogen) atoms. The number of rotatable bonds is 6. The van der Waals surface area contributed by atoms with Crippen LogP contribution in [0.3, 0.4) is 0 Å². The topological polar surface area (TPSA) is 81.3 Å². The van der Waals surface area contributed by atoms with Crippen molar-refractivity contribution in [2.75, 3.05) is 22.1 Å². The molecular weight excluding hydrogens is 488 g/mol. The molecule has 6 aromatic rings. The van der Waals surface area contributed by atoms with Crippen LogP contribution in [0, 0.1) is 0 Å². The SMILES string of the molecule is Nc1ccc(-c2ccc(N(c3ccc(N)cc3)c3ccc(N)cc3)c(-c3ccccc3)c2-c2ccccc2)cc1. The van der Waals surface area contributed by atoms with Crippen molar-refractivity contribution in [1.82, 2.24) is 0 Å². The third kappa shape index (κ3) is 4.86. The van der Waals surface area contributed by atoms with Crippen LogP contribution in [0.4, 0.5) is 34.1 Å². The van der Waals surface area contributed by atoms with E-state index < -0.39 is 0 Å². The Balaban J connectivity index is 1.72. The fourth-order valence-corrected chi connectivity index (χ4v) is 5.16. The molecule has 0 saturated carbocycles. The third-order valence-electron chi connectivity index (χ3n) is 7.07. The summed E-state index contributed by atoms with van der Waals surface area (Å²) >= 11 is 0. The molecule has 0 fully saturated rings. The van der Waals surface area contributed by atoms with Crippen molar-refractivity contribution in [3.8, 4) is 33.4 Å². The Morgan fingerprint density at radius 3 is 1.25 bits per heavy atom. The first-order valence-electron chi connectivity index (χ1n) is 13.2. The van der Waals surface area contributed by atoms with Crippen molar-refractivity contribution in [3.63, 3.8) is 0 Å². The van der Waals surface area contributed by atoms with Gasteiger partial charge in [-0.05, 0) is 94.5 Å². The smallest absolute Gasteiger partial charge is 0.0546 e. The lowest BCUT2D eigenvalue weighted by molar-refractivity contribution is 1.28. The van der Waals surface area contributed by atoms with Gasteiger partial charge in [-0.2, -0.15) is 0 Å². The summed E-state index contributed by atoms with van der Waals surface area (Å²) in [5.74, 6) is 0. The van der Waals surface area contributed by atoms with Crippen molar-refractivity contribution >= 4 is 34.1 Å². The highest BCUT2D eigenvalue weighted by Crippen LogP contribution is 2.49. The third-order valence-corrected chi connectivity index (χ3v) is 7.07. The molecule has 194 valence electrons. The summed E-state index contributed by atoms with van der Waals surface area (Å²) in [7, 11) is 0. The predicted octanol–water partition coefficient (Wildman–Crippen LogP) is 8.90. The molecule has 6 N–H and O–H groups in total. The number of anilines is 6. The minimum atomic E-state index is 0.716. The zero-order valence-corrected chi connectivity index (χ0v) is 22.0. The van der Waals surface area contributed by atoms with Gasteiger partial charge >= 0.3 is 0 Å². The van der Waals surface area contributed by atoms with E-state index in [4.69, 9.17) is 17.2 Å². The Bertz CT molecular complexity index is 1680. The molecule has 0 bridgehead atoms. The maximum absolute atomic E-state index is 6.10. The molecule has 0 atom stereocenters. The van der Waals surface area contributed by atoms with Gasteiger partial charge in [0.1, 0.15) is 0 Å². The summed E-state index contributed by atoms with van der Waals surface area (Å²) in [6, 6.07) is 49.5. The molecule has 0 amide bonds. The van der Waals surface area contributed by atoms with Gasteiger partial charge < -0.3 is 22.1 Å². The molecule has 0 aliphatic carbocycles. The number of nitrogen functional groups attached to an aromatic ring is 3. The minimum absolute atomic E-state index is 0.716. The van der Waals surface area contributed by atoms with E-state index in [1.165, 1.54) is 0 Å². The lowest BCUT2D eigenvalue weighted by Crippen LogP contribution is -2.12. The zero-order valence-electron chi connectivity index (χ0n) is 22.0. The van der Waals surface area contributed by atoms with Gasteiger partial charge in [0.2, 0.25) is 0 Å². The number of nitrogens with zero attached hydrogens (tertiary/aromatic N) is 1. The molecule has 0 aliphatic heterocycles. The summed E-state index contributed by atoms with van der Waals surface area (Å²) in [5, 5.41) is 0. The van der Waals surface area contributed by atoms with Gasteiger partial charge in [-0.1, -0.05) is 78.9 Å². The standard InChI is InChI=1S/C36H30N4/c37-28-13-11-25(12-14-28)33-23-24-34(36(27-9-5-2-6-10-27)35(33)26-7-3-1-4-8-26)40(31-19-15-29(38)16-20-31)32-21-17-30(39)18-22-32/h1-24H,37-39H2. The van der Waals surface area contributed by atoms with Gasteiger partial charge in [-0.3, -0.25) is 0 Å². The van der Waals surface area contributed by atoms with Gasteiger partial charge in [0.25, 0.3) is 0 Å². The van der Waals surface area contributed by atoms with Crippen LogP contribution in [-0.4, -0.2) is 0 Å². The van der Waals surface area contributed by atoms with Crippen LogP contribution in [0.15, 0.2) is 146 Å². The molecule has 0 aliphatic rings. The summed E-state index contributed by atoms with van der Waals surface area (Å²) in [6.45, 7) is 0. The molecule has 6 aromatic carbocycles. The molecule has 4 heteroatoms. The quantitative estimate of drug-likeness (QED) is 0.192. The van der Waals surface area contributed by atoms with Crippen molar-refractivity contribution in [3.05, 3.63) is 146 Å². The Hall–Kier alpha value is -5.48. The maximum Gasteiger partial charge on any atom is 0.0546 e. The lowest BCUT2D eigenvalue weighted by atomic mass is 9.86. The average Bonchev–Trinajstić information content (AvgIpc) is 3.00. The largest absolute Gasteiger partial charge is 0.399 e. The van der Waals surface area contributed by atoms with E-state index in [2.05, 4.69) is 102 Å². The summed E-state index contributed by atoms with van der Waals surface area (Å²) in [6.07, 6.45) is 0. The second-order valence-corrected chi connectivity index (χ2v) is 9.75. The van der Waals surface area contributed by atoms with Crippen LogP contribution in [0.1, 0.15) is 0 Å². The van der Waals surface area contributed by atoms with E-state index in [-0.39, 0.29) is 0 Å². The zero-order chi connectivity index (χ0) is 27.5. The Morgan fingerprint density at radius 1 is 0.350 bits per heavy atom. The summed E-state index contributed by atoms with van der Waals surface area (Å²) < 4.78 is 0. The van der Waals surface area contributed by atoms with Gasteiger partial charge in [0.15, 0.2) is 0 Å². The predicted molar refractivity (Wildman–Crippen MR) is 171 cm³/mol. The fraction of sp³-hybridized carbons (Fsp3) is 0. The molecule has 6 rings (SSSR count). The first kappa shape index (κ1) is 24.8. The lowest BCUT2D eigenvalue weighted by Gasteiger charge is -2.30. The van der Waals surface area contributed by atoms with E-state index in [0.717, 1.165) is 56.1 Å². The number of hydrogen-bond donors (Lipinski definition) is 3. The highest BCUT2D eigenvalue weighted by Gasteiger charge is 2.23. The summed E-state index contributed by atoms with van der Waals surface area (Å²) in [5.41, 5.74) is 30.2. The van der Waals surface area contributed by atoms with Crippen molar-refractivity contribution in [2.24, 2.45) is 0 Å². The Morgan fingerprint density at radius 2 is 0.775 bits per heavy atom. The number of nitrogens with two attached hydrogens (primary N) is 3. The molecule has 0 unspecified atom stereocenters. The number of benzene rings is 6. The Kier molecular flexibility index (Phi) is 6.65. The Labute approximate surface area is 234 Å². The molecule has 4 nitrogen and oxygen atoms in total. The van der Waals surface area contributed by atoms with Crippen molar-refractivity contribution in [2.45, 2.75) is 0 Å². The number of hydrogen-bond acceptors (Lipinski definition) is 4. The molecule has 0 saturated heterocycles. The molecule has 0 heterocycles. The van der Waals surface area contributed by atoms with Gasteiger partial charge in [0, 0.05) is 34.0 Å². The first-order valence-corrected chi connectivity index (χ1v) is 13.2. The average molecular weight is 519 g/mol. The monoisotopic (exact) mass is 518 g/mol. The van der Waals surface area contributed by atoms with Gasteiger partial charge in [-0.15, -0.1) is 0 Å². The van der Waals surface area contributed by atoms with Crippen LogP contribution in [0.5, 0.6) is 0 Å². The van der Waals surface area contributed by atoms with Crippen LogP contribution in [0.25, 0.3) is 33.4 Å². The van der Waals surface area contributed by atoms with E-state index in [1.807, 2.05) is 48.5 Å². The minimum Gasteiger partial charge on any atom is -0.399 e. The second-order valence-electron chi connectivity index (χ2n) is 9.75. The van der Waals surface area contributed by atoms with E-state index in [9.17, 15) is 0 Å². The second kappa shape index (κ2) is 10.7. The first-order chi connectivity index (χ1) is 19.6. The van der Waals surface area contributed by atoms with E-state index in [1.54, 1.807) is 0 Å². The normalized spacial score (nSPS) is 10.8. The van der Waals surface area contributed by atoms with E-state index >= 15 is 0 Å². The highest BCUT2D eigenvalue weighted by atomic mass is 15.1. The summed E-state index contributed by atoms with van der Waals surface area (Å²) in [4.78, 5) is 2.26. The van der Waals surface area contributed by atoms with Crippen LogP contribution in [-0.2, 0) is 0 Å². The van der Waals surface area contributed by atoms with Crippen molar-refractivity contribution < 1.29 is 0 Å². The van der Waals surface area contributed by atoms with Crippen molar-refractivity contribution in [1.29, 1.82) is 0 Å². The van der Waals surface area contributed by atoms with Gasteiger partial charge in [-0.25, -0.2) is 0 Å². The fourth-order valence-electron chi connectivity index (χ4n) is 5.16. The van der Waals surface area contributed by atoms with Gasteiger partial charge in [0.05, 0.1) is 5.69 Å². The van der Waals surface area contributed by atoms with Crippen LogP contribution < -0.4 is 22.1 Å². The molecule has 0 radical (unpaired) electrons. The highest BCUT2D eigenvalue weighted by molar-refractivity contribution is 6.03. The van der Waals surface area contributed by atoms with Crippen LogP contribution in [0.2, 0.25) is 0 Å².